The van der Waals surface area contributed by atoms with Crippen molar-refractivity contribution in [3.8, 4) is 0 Å². The molecule has 0 radical (unpaired) electrons. The van der Waals surface area contributed by atoms with Crippen LogP contribution in [0.1, 0.15) is 5.56 Å². The molecule has 0 saturated heterocycles. The van der Waals surface area contributed by atoms with Crippen molar-refractivity contribution in [1.82, 2.24) is 4.57 Å². The third kappa shape index (κ3) is 2.76. The number of halogens is 1. The van der Waals surface area contributed by atoms with Crippen LogP contribution in [0.2, 0.25) is 0 Å². The smallest absolute Gasteiger partial charge is 0.325 e. The lowest BCUT2D eigenvalue weighted by Crippen LogP contribution is -2.20. The fraction of sp³-hybridized carbons (Fsp3) is 0.273. The summed E-state index contributed by atoms with van der Waals surface area (Å²) in [6, 6.07) is 5.93. The highest BCUT2D eigenvalue weighted by Gasteiger charge is 2.09. The normalized spacial score (nSPS) is 10.0. The second-order valence-electron chi connectivity index (χ2n) is 3.54. The van der Waals surface area contributed by atoms with E-state index >= 15 is 0 Å². The van der Waals surface area contributed by atoms with Crippen molar-refractivity contribution in [2.24, 2.45) is 0 Å². The first-order valence-corrected chi connectivity index (χ1v) is 5.65. The second-order valence-corrected chi connectivity index (χ2v) is 4.57. The van der Waals surface area contributed by atoms with Crippen LogP contribution in [0.25, 0.3) is 10.2 Å². The number of thiazole rings is 1. The van der Waals surface area contributed by atoms with Gasteiger partial charge in [0.15, 0.2) is 4.80 Å². The maximum atomic E-state index is 11.2. The molecule has 0 unspecified atom stereocenters. The van der Waals surface area contributed by atoms with Gasteiger partial charge in [0.05, 0.1) is 17.3 Å². The predicted molar refractivity (Wildman–Crippen MR) is 72.7 cm³/mol. The van der Waals surface area contributed by atoms with Crippen LogP contribution < -0.4 is 4.80 Å². The number of nitrogens with zero attached hydrogens (tertiary/aromatic N) is 1. The predicted octanol–water partition coefficient (Wildman–Crippen LogP) is 2.24. The topological polar surface area (TPSA) is 55.1 Å². The zero-order chi connectivity index (χ0) is 11.7. The largest absolute Gasteiger partial charge is 0.468 e. The molecule has 0 fully saturated rings. The van der Waals surface area contributed by atoms with E-state index in [-0.39, 0.29) is 29.5 Å². The standard InChI is InChI=1S/C11H12N2O2S.BrH/c1-7-3-4-8-9(5-7)16-11(12)13(8)6-10(14)15-2;/h3-5,12H,6H2,1-2H3;1H. The average molecular weight is 317 g/mol. The zero-order valence-electron chi connectivity index (χ0n) is 9.52. The lowest BCUT2D eigenvalue weighted by molar-refractivity contribution is -0.141. The van der Waals surface area contributed by atoms with Crippen LogP contribution in [-0.2, 0) is 16.1 Å². The molecule has 0 aliphatic carbocycles. The maximum absolute atomic E-state index is 11.2. The molecule has 2 rings (SSSR count). The van der Waals surface area contributed by atoms with Gasteiger partial charge >= 0.3 is 5.97 Å². The maximum Gasteiger partial charge on any atom is 0.325 e. The van der Waals surface area contributed by atoms with Crippen molar-refractivity contribution in [2.45, 2.75) is 13.5 Å². The number of hydrogen-bond acceptors (Lipinski definition) is 4. The molecule has 2 aromatic rings. The monoisotopic (exact) mass is 316 g/mol. The molecular weight excluding hydrogens is 304 g/mol. The van der Waals surface area contributed by atoms with Gasteiger partial charge in [0, 0.05) is 0 Å². The minimum Gasteiger partial charge on any atom is -0.468 e. The molecule has 0 amide bonds. The molecule has 17 heavy (non-hydrogen) atoms. The van der Waals surface area contributed by atoms with Gasteiger partial charge in [-0.2, -0.15) is 0 Å². The summed E-state index contributed by atoms with van der Waals surface area (Å²) in [6.07, 6.45) is 0. The Bertz CT molecular complexity index is 603. The van der Waals surface area contributed by atoms with Crippen LogP contribution in [0.15, 0.2) is 18.2 Å². The first-order chi connectivity index (χ1) is 7.61. The third-order valence-electron chi connectivity index (χ3n) is 2.37. The molecule has 4 nitrogen and oxygen atoms in total. The van der Waals surface area contributed by atoms with Crippen molar-refractivity contribution < 1.29 is 9.53 Å². The van der Waals surface area contributed by atoms with Crippen molar-refractivity contribution in [3.05, 3.63) is 28.6 Å². The fourth-order valence-electron chi connectivity index (χ4n) is 1.55. The van der Waals surface area contributed by atoms with Gasteiger partial charge in [0.25, 0.3) is 0 Å². The van der Waals surface area contributed by atoms with E-state index in [0.29, 0.717) is 4.80 Å². The van der Waals surface area contributed by atoms with Gasteiger partial charge in [0.1, 0.15) is 6.54 Å². The molecule has 1 heterocycles. The Balaban J connectivity index is 0.00000144. The first-order valence-electron chi connectivity index (χ1n) is 4.83. The molecule has 0 bridgehead atoms. The Hall–Kier alpha value is -1.14. The van der Waals surface area contributed by atoms with Gasteiger partial charge in [-0.3, -0.25) is 10.2 Å². The second kappa shape index (κ2) is 5.46. The number of esters is 1. The number of carbonyl (C=O) groups is 1. The molecule has 0 aliphatic rings. The SMILES string of the molecule is Br.COC(=O)Cn1c(=N)sc2cc(C)ccc21. The van der Waals surface area contributed by atoms with E-state index in [1.54, 1.807) is 4.57 Å². The lowest BCUT2D eigenvalue weighted by atomic mass is 10.2. The molecule has 1 aromatic heterocycles. The van der Waals surface area contributed by atoms with Gasteiger partial charge in [-0.15, -0.1) is 17.0 Å². The van der Waals surface area contributed by atoms with Crippen molar-refractivity contribution in [1.29, 1.82) is 5.41 Å². The summed E-state index contributed by atoms with van der Waals surface area (Å²) in [6.45, 7) is 2.10. The van der Waals surface area contributed by atoms with Crippen LogP contribution >= 0.6 is 28.3 Å². The summed E-state index contributed by atoms with van der Waals surface area (Å²) in [5, 5.41) is 7.81. The van der Waals surface area contributed by atoms with E-state index in [9.17, 15) is 4.79 Å². The Kier molecular flexibility index (Phi) is 4.47. The van der Waals surface area contributed by atoms with Crippen LogP contribution in [0.4, 0.5) is 0 Å². The quantitative estimate of drug-likeness (QED) is 0.864. The fourth-order valence-corrected chi connectivity index (χ4v) is 2.55. The highest BCUT2D eigenvalue weighted by Crippen LogP contribution is 2.18. The Morgan fingerprint density at radius 1 is 1.53 bits per heavy atom. The highest BCUT2D eigenvalue weighted by atomic mass is 79.9. The molecule has 1 aromatic carbocycles. The summed E-state index contributed by atoms with van der Waals surface area (Å²) in [5.74, 6) is -0.334. The minimum absolute atomic E-state index is 0. The third-order valence-corrected chi connectivity index (χ3v) is 3.33. The van der Waals surface area contributed by atoms with E-state index in [4.69, 9.17) is 5.41 Å². The van der Waals surface area contributed by atoms with Gasteiger partial charge in [-0.25, -0.2) is 0 Å². The van der Waals surface area contributed by atoms with Crippen LogP contribution in [-0.4, -0.2) is 17.6 Å². The Morgan fingerprint density at radius 2 is 2.24 bits per heavy atom. The van der Waals surface area contributed by atoms with E-state index < -0.39 is 0 Å². The molecule has 1 N–H and O–H groups in total. The number of aryl methyl sites for hydroxylation is 1. The first kappa shape index (κ1) is 13.9. The van der Waals surface area contributed by atoms with E-state index in [1.807, 2.05) is 25.1 Å². The highest BCUT2D eigenvalue weighted by molar-refractivity contribution is 8.93. The number of hydrogen-bond donors (Lipinski definition) is 1. The molecular formula is C11H13BrN2O2S. The molecule has 6 heteroatoms. The van der Waals surface area contributed by atoms with E-state index in [0.717, 1.165) is 15.8 Å². The van der Waals surface area contributed by atoms with E-state index in [1.165, 1.54) is 18.4 Å². The number of methoxy groups -OCH3 is 1. The minimum atomic E-state index is -0.334. The summed E-state index contributed by atoms with van der Waals surface area (Å²) in [7, 11) is 1.35. The van der Waals surface area contributed by atoms with Gasteiger partial charge in [-0.1, -0.05) is 17.4 Å². The molecule has 0 aliphatic heterocycles. The van der Waals surface area contributed by atoms with Gasteiger partial charge in [-0.05, 0) is 24.6 Å². The van der Waals surface area contributed by atoms with Crippen molar-refractivity contribution in [3.63, 3.8) is 0 Å². The van der Waals surface area contributed by atoms with Crippen LogP contribution in [0.5, 0.6) is 0 Å². The van der Waals surface area contributed by atoms with Crippen molar-refractivity contribution >= 4 is 44.5 Å². The number of rotatable bonds is 2. The summed E-state index contributed by atoms with van der Waals surface area (Å²) in [4.78, 5) is 11.6. The number of aromatic nitrogens is 1. The van der Waals surface area contributed by atoms with Crippen LogP contribution in [0.3, 0.4) is 0 Å². The number of ether oxygens (including phenoxy) is 1. The summed E-state index contributed by atoms with van der Waals surface area (Å²) in [5.41, 5.74) is 2.06. The summed E-state index contributed by atoms with van der Waals surface area (Å²) < 4.78 is 7.29. The Morgan fingerprint density at radius 3 is 2.88 bits per heavy atom. The number of benzene rings is 1. The number of nitrogens with one attached hydrogen (secondary N) is 1. The van der Waals surface area contributed by atoms with E-state index in [2.05, 4.69) is 4.74 Å². The molecule has 92 valence electrons. The Labute approximate surface area is 113 Å². The lowest BCUT2D eigenvalue weighted by Gasteiger charge is -2.02. The van der Waals surface area contributed by atoms with Crippen LogP contribution in [0, 0.1) is 12.3 Å². The number of fused-ring (bicyclic) bond motifs is 1. The summed E-state index contributed by atoms with van der Waals surface area (Å²) >= 11 is 1.37. The average Bonchev–Trinajstić information content (AvgIpc) is 2.54. The van der Waals surface area contributed by atoms with Gasteiger partial charge in [0.2, 0.25) is 0 Å². The zero-order valence-corrected chi connectivity index (χ0v) is 12.0. The molecule has 0 saturated carbocycles. The van der Waals surface area contributed by atoms with Gasteiger partial charge < -0.3 is 9.30 Å². The molecule has 0 spiro atoms. The van der Waals surface area contributed by atoms with Crippen molar-refractivity contribution in [2.75, 3.05) is 7.11 Å². The molecule has 0 atom stereocenters. The number of carbonyl (C=O) groups excluding carboxylic acids is 1.